The lowest BCUT2D eigenvalue weighted by Gasteiger charge is -2.09. The highest BCUT2D eigenvalue weighted by Gasteiger charge is 2.30. The summed E-state index contributed by atoms with van der Waals surface area (Å²) in [7, 11) is 0. The third-order valence-electron chi connectivity index (χ3n) is 3.24. The molecule has 1 aliphatic rings. The zero-order chi connectivity index (χ0) is 13.1. The molecule has 0 spiro atoms. The monoisotopic (exact) mass is 252 g/mol. The molecule has 0 bridgehead atoms. The maximum absolute atomic E-state index is 11.8. The number of nitrogens with zero attached hydrogens (tertiary/aromatic N) is 1. The van der Waals surface area contributed by atoms with Crippen molar-refractivity contribution < 1.29 is 9.90 Å². The van der Waals surface area contributed by atoms with E-state index >= 15 is 0 Å². The predicted octanol–water partition coefficient (Wildman–Crippen LogP) is 0.445. The maximum Gasteiger partial charge on any atom is 0.274 e. The summed E-state index contributed by atoms with van der Waals surface area (Å²) in [5, 5.41) is 19.0. The lowest BCUT2D eigenvalue weighted by atomic mass is 10.2. The maximum atomic E-state index is 11.8. The first-order valence-corrected chi connectivity index (χ1v) is 6.42. The number of carbonyl (C=O) groups is 1. The molecular weight excluding hydrogens is 232 g/mol. The van der Waals surface area contributed by atoms with Gasteiger partial charge in [0.05, 0.1) is 17.5 Å². The second-order valence-electron chi connectivity index (χ2n) is 4.83. The summed E-state index contributed by atoms with van der Waals surface area (Å²) in [6, 6.07) is 0. The third kappa shape index (κ3) is 2.81. The van der Waals surface area contributed by atoms with E-state index in [0.717, 1.165) is 31.4 Å². The Hall–Kier alpha value is -1.56. The number of aliphatic hydroxyl groups is 1. The van der Waals surface area contributed by atoms with Crippen molar-refractivity contribution in [3.05, 3.63) is 11.4 Å². The van der Waals surface area contributed by atoms with Gasteiger partial charge in [-0.1, -0.05) is 13.3 Å². The zero-order valence-corrected chi connectivity index (χ0v) is 10.6. The standard InChI is InChI=1S/C12H20N4O2/c1-2-3-8-10(13)11(16-15-8)12(18)14-6-9(17)7-4-5-7/h7,9,17H,2-6,13H2,1H3,(H,14,18)(H,15,16). The molecule has 2 rings (SSSR count). The average molecular weight is 252 g/mol. The van der Waals surface area contributed by atoms with Crippen LogP contribution in [0, 0.1) is 5.92 Å². The minimum atomic E-state index is -0.454. The topological polar surface area (TPSA) is 104 Å². The number of rotatable bonds is 6. The smallest absolute Gasteiger partial charge is 0.274 e. The fraction of sp³-hybridized carbons (Fsp3) is 0.667. The van der Waals surface area contributed by atoms with Gasteiger partial charge in [0.1, 0.15) is 0 Å². The molecule has 1 amide bonds. The highest BCUT2D eigenvalue weighted by Crippen LogP contribution is 2.32. The molecule has 0 radical (unpaired) electrons. The molecule has 0 aliphatic heterocycles. The van der Waals surface area contributed by atoms with Crippen LogP contribution in [0.4, 0.5) is 5.69 Å². The Kier molecular flexibility index (Phi) is 3.86. The Labute approximate surface area is 106 Å². The van der Waals surface area contributed by atoms with Crippen molar-refractivity contribution in [2.24, 2.45) is 5.92 Å². The molecule has 0 aromatic carbocycles. The molecule has 6 nitrogen and oxygen atoms in total. The van der Waals surface area contributed by atoms with Gasteiger partial charge in [-0.05, 0) is 25.2 Å². The summed E-state index contributed by atoms with van der Waals surface area (Å²) in [5.41, 5.74) is 7.28. The van der Waals surface area contributed by atoms with Gasteiger partial charge in [0.25, 0.3) is 5.91 Å². The number of nitrogen functional groups attached to an aromatic ring is 1. The van der Waals surface area contributed by atoms with E-state index in [1.165, 1.54) is 0 Å². The summed E-state index contributed by atoms with van der Waals surface area (Å²) in [6.07, 6.45) is 3.35. The van der Waals surface area contributed by atoms with Gasteiger partial charge >= 0.3 is 0 Å². The van der Waals surface area contributed by atoms with Crippen molar-refractivity contribution in [3.8, 4) is 0 Å². The number of aliphatic hydroxyl groups excluding tert-OH is 1. The SMILES string of the molecule is CCCc1[nH]nc(C(=O)NCC(O)C2CC2)c1N. The molecule has 0 saturated heterocycles. The number of aromatic amines is 1. The third-order valence-corrected chi connectivity index (χ3v) is 3.24. The van der Waals surface area contributed by atoms with E-state index in [4.69, 9.17) is 5.73 Å². The van der Waals surface area contributed by atoms with Crippen molar-refractivity contribution in [1.82, 2.24) is 15.5 Å². The molecular formula is C12H20N4O2. The molecule has 1 saturated carbocycles. The molecule has 1 aromatic rings. The Bertz CT molecular complexity index is 426. The molecule has 1 atom stereocenters. The number of hydrogen-bond acceptors (Lipinski definition) is 4. The minimum Gasteiger partial charge on any atom is -0.395 e. The molecule has 5 N–H and O–H groups in total. The van der Waals surface area contributed by atoms with Gasteiger partial charge in [-0.25, -0.2) is 0 Å². The number of H-pyrrole nitrogens is 1. The van der Waals surface area contributed by atoms with Gasteiger partial charge in [-0.15, -0.1) is 0 Å². The van der Waals surface area contributed by atoms with Crippen LogP contribution >= 0.6 is 0 Å². The van der Waals surface area contributed by atoms with Crippen molar-refractivity contribution in [1.29, 1.82) is 0 Å². The minimum absolute atomic E-state index is 0.224. The van der Waals surface area contributed by atoms with Gasteiger partial charge in [0, 0.05) is 6.54 Å². The summed E-state index contributed by atoms with van der Waals surface area (Å²) < 4.78 is 0. The summed E-state index contributed by atoms with van der Waals surface area (Å²) >= 11 is 0. The van der Waals surface area contributed by atoms with Crippen LogP contribution in [0.5, 0.6) is 0 Å². The van der Waals surface area contributed by atoms with Crippen molar-refractivity contribution >= 4 is 11.6 Å². The van der Waals surface area contributed by atoms with Crippen molar-refractivity contribution in [3.63, 3.8) is 0 Å². The number of nitrogens with two attached hydrogens (primary N) is 1. The number of carbonyl (C=O) groups excluding carboxylic acids is 1. The fourth-order valence-corrected chi connectivity index (χ4v) is 1.93. The molecule has 6 heteroatoms. The van der Waals surface area contributed by atoms with Crippen LogP contribution in [0.25, 0.3) is 0 Å². The number of nitrogens with one attached hydrogen (secondary N) is 2. The van der Waals surface area contributed by atoms with Crippen LogP contribution < -0.4 is 11.1 Å². The Morgan fingerprint density at radius 3 is 3.00 bits per heavy atom. The number of aromatic nitrogens is 2. The van der Waals surface area contributed by atoms with Crippen LogP contribution in [0.2, 0.25) is 0 Å². The lowest BCUT2D eigenvalue weighted by molar-refractivity contribution is 0.0897. The average Bonchev–Trinajstić information content (AvgIpc) is 3.13. The zero-order valence-electron chi connectivity index (χ0n) is 10.6. The van der Waals surface area contributed by atoms with E-state index in [0.29, 0.717) is 11.6 Å². The van der Waals surface area contributed by atoms with E-state index in [1.54, 1.807) is 0 Å². The summed E-state index contributed by atoms with van der Waals surface area (Å²) in [5.74, 6) is 0.0169. The van der Waals surface area contributed by atoms with E-state index in [-0.39, 0.29) is 18.1 Å². The quantitative estimate of drug-likeness (QED) is 0.590. The van der Waals surface area contributed by atoms with E-state index in [9.17, 15) is 9.90 Å². The molecule has 1 unspecified atom stereocenters. The number of aryl methyl sites for hydroxylation is 1. The van der Waals surface area contributed by atoms with Gasteiger partial charge in [-0.3, -0.25) is 9.89 Å². The van der Waals surface area contributed by atoms with Crippen LogP contribution in [0.3, 0.4) is 0 Å². The summed E-state index contributed by atoms with van der Waals surface area (Å²) in [4.78, 5) is 11.8. The first-order valence-electron chi connectivity index (χ1n) is 6.42. The van der Waals surface area contributed by atoms with Gasteiger partial charge in [0.2, 0.25) is 0 Å². The van der Waals surface area contributed by atoms with Gasteiger partial charge in [0.15, 0.2) is 5.69 Å². The molecule has 18 heavy (non-hydrogen) atoms. The molecule has 1 aromatic heterocycles. The first kappa shape index (κ1) is 12.9. The van der Waals surface area contributed by atoms with E-state index < -0.39 is 6.10 Å². The fourth-order valence-electron chi connectivity index (χ4n) is 1.93. The highest BCUT2D eigenvalue weighted by atomic mass is 16.3. The van der Waals surface area contributed by atoms with Crippen molar-refractivity contribution in [2.75, 3.05) is 12.3 Å². The number of anilines is 1. The first-order chi connectivity index (χ1) is 8.63. The summed E-state index contributed by atoms with van der Waals surface area (Å²) in [6.45, 7) is 2.30. The molecule has 1 heterocycles. The number of amides is 1. The second kappa shape index (κ2) is 5.39. The highest BCUT2D eigenvalue weighted by molar-refractivity contribution is 5.97. The largest absolute Gasteiger partial charge is 0.395 e. The van der Waals surface area contributed by atoms with Crippen LogP contribution in [-0.2, 0) is 6.42 Å². The van der Waals surface area contributed by atoms with Gasteiger partial charge < -0.3 is 16.2 Å². The van der Waals surface area contributed by atoms with Crippen LogP contribution in [0.1, 0.15) is 42.4 Å². The van der Waals surface area contributed by atoms with Gasteiger partial charge in [-0.2, -0.15) is 5.10 Å². The van der Waals surface area contributed by atoms with E-state index in [2.05, 4.69) is 15.5 Å². The Morgan fingerprint density at radius 2 is 2.39 bits per heavy atom. The molecule has 100 valence electrons. The Morgan fingerprint density at radius 1 is 1.67 bits per heavy atom. The number of hydrogen-bond donors (Lipinski definition) is 4. The van der Waals surface area contributed by atoms with E-state index in [1.807, 2.05) is 6.92 Å². The van der Waals surface area contributed by atoms with Crippen molar-refractivity contribution in [2.45, 2.75) is 38.7 Å². The van der Waals surface area contributed by atoms with Crippen LogP contribution in [0.15, 0.2) is 0 Å². The molecule has 1 aliphatic carbocycles. The Balaban J connectivity index is 1.91. The normalized spacial score (nSPS) is 16.6. The predicted molar refractivity (Wildman–Crippen MR) is 68.1 cm³/mol. The lowest BCUT2D eigenvalue weighted by Crippen LogP contribution is -2.33. The van der Waals surface area contributed by atoms with Crippen LogP contribution in [-0.4, -0.2) is 33.9 Å². The second-order valence-corrected chi connectivity index (χ2v) is 4.83. The molecule has 1 fully saturated rings.